The van der Waals surface area contributed by atoms with E-state index in [0.717, 1.165) is 37.7 Å². The van der Waals surface area contributed by atoms with Crippen molar-refractivity contribution in [1.29, 1.82) is 0 Å². The van der Waals surface area contributed by atoms with Crippen molar-refractivity contribution in [2.75, 3.05) is 53.6 Å². The summed E-state index contributed by atoms with van der Waals surface area (Å²) in [6.45, 7) is 5.45. The molecule has 2 aromatic carbocycles. The number of piperazine rings is 1. The molecule has 2 aromatic rings. The van der Waals surface area contributed by atoms with Gasteiger partial charge in [0.1, 0.15) is 12.7 Å². The Kier molecular flexibility index (Phi) is 8.00. The van der Waals surface area contributed by atoms with E-state index in [-0.39, 0.29) is 6.61 Å². The smallest absolute Gasteiger partial charge is 0.203 e. The zero-order valence-corrected chi connectivity index (χ0v) is 17.8. The minimum absolute atomic E-state index is 0.182. The predicted octanol–water partition coefficient (Wildman–Crippen LogP) is 2.91. The van der Waals surface area contributed by atoms with Gasteiger partial charge >= 0.3 is 0 Å². The Hall–Kier alpha value is -1.99. The Bertz CT molecular complexity index is 742. The molecule has 6 nitrogen and oxygen atoms in total. The van der Waals surface area contributed by atoms with Gasteiger partial charge in [0.15, 0.2) is 11.5 Å². The van der Waals surface area contributed by atoms with Crippen LogP contribution in [0.1, 0.15) is 5.56 Å². The fourth-order valence-corrected chi connectivity index (χ4v) is 3.59. The summed E-state index contributed by atoms with van der Waals surface area (Å²) in [5.74, 6) is 1.70. The molecule has 0 spiro atoms. The lowest BCUT2D eigenvalue weighted by Gasteiger charge is -2.35. The van der Waals surface area contributed by atoms with Crippen LogP contribution in [0, 0.1) is 0 Å². The molecule has 0 bridgehead atoms. The molecule has 0 amide bonds. The van der Waals surface area contributed by atoms with Gasteiger partial charge in [-0.15, -0.1) is 0 Å². The van der Waals surface area contributed by atoms with E-state index in [2.05, 4.69) is 21.9 Å². The average molecular weight is 421 g/mol. The first kappa shape index (κ1) is 21.7. The maximum Gasteiger partial charge on any atom is 0.203 e. The van der Waals surface area contributed by atoms with Crippen molar-refractivity contribution in [3.8, 4) is 17.2 Å². The Morgan fingerprint density at radius 3 is 2.10 bits per heavy atom. The van der Waals surface area contributed by atoms with Crippen LogP contribution in [0.25, 0.3) is 0 Å². The van der Waals surface area contributed by atoms with Crippen molar-refractivity contribution in [3.05, 3.63) is 53.1 Å². The van der Waals surface area contributed by atoms with Gasteiger partial charge in [-0.3, -0.25) is 9.80 Å². The number of aliphatic hydroxyl groups is 1. The van der Waals surface area contributed by atoms with Gasteiger partial charge in [-0.25, -0.2) is 0 Å². The fourth-order valence-electron chi connectivity index (χ4n) is 3.47. The summed E-state index contributed by atoms with van der Waals surface area (Å²) >= 11 is 5.95. The molecule has 0 aromatic heterocycles. The van der Waals surface area contributed by atoms with Crippen LogP contribution in [0.4, 0.5) is 0 Å². The highest BCUT2D eigenvalue weighted by Gasteiger charge is 2.20. The van der Waals surface area contributed by atoms with Crippen LogP contribution in [0.2, 0.25) is 5.02 Å². The first-order valence-electron chi connectivity index (χ1n) is 9.80. The lowest BCUT2D eigenvalue weighted by atomic mass is 10.2. The molecule has 1 aliphatic rings. The molecule has 1 N–H and O–H groups in total. The zero-order valence-electron chi connectivity index (χ0n) is 17.0. The second-order valence-corrected chi connectivity index (χ2v) is 7.60. The monoisotopic (exact) mass is 420 g/mol. The third kappa shape index (κ3) is 6.24. The molecular formula is C22H29ClN2O4. The molecule has 3 rings (SSSR count). The molecule has 7 heteroatoms. The summed E-state index contributed by atoms with van der Waals surface area (Å²) in [5.41, 5.74) is 1.27. The molecule has 1 unspecified atom stereocenters. The van der Waals surface area contributed by atoms with Crippen molar-refractivity contribution in [2.45, 2.75) is 12.6 Å². The largest absolute Gasteiger partial charge is 0.493 e. The van der Waals surface area contributed by atoms with Gasteiger partial charge in [-0.1, -0.05) is 29.8 Å². The summed E-state index contributed by atoms with van der Waals surface area (Å²) in [6.07, 6.45) is -0.590. The molecule has 1 aliphatic heterocycles. The van der Waals surface area contributed by atoms with Gasteiger partial charge in [-0.05, 0) is 29.8 Å². The van der Waals surface area contributed by atoms with Gasteiger partial charge in [0.25, 0.3) is 0 Å². The second kappa shape index (κ2) is 10.7. The van der Waals surface area contributed by atoms with E-state index in [1.54, 1.807) is 14.2 Å². The number of hydrogen-bond acceptors (Lipinski definition) is 6. The molecule has 29 heavy (non-hydrogen) atoms. The van der Waals surface area contributed by atoms with Crippen LogP contribution in [0.3, 0.4) is 0 Å². The van der Waals surface area contributed by atoms with Crippen molar-refractivity contribution >= 4 is 11.6 Å². The molecule has 1 heterocycles. The number of ether oxygens (including phenoxy) is 3. The van der Waals surface area contributed by atoms with E-state index in [1.807, 2.05) is 30.3 Å². The molecular weight excluding hydrogens is 392 g/mol. The van der Waals surface area contributed by atoms with Crippen molar-refractivity contribution in [1.82, 2.24) is 9.80 Å². The Morgan fingerprint density at radius 2 is 1.52 bits per heavy atom. The van der Waals surface area contributed by atoms with Gasteiger partial charge in [0, 0.05) is 44.3 Å². The number of nitrogens with zero attached hydrogens (tertiary/aromatic N) is 2. The molecule has 1 atom stereocenters. The average Bonchev–Trinajstić information content (AvgIpc) is 2.75. The van der Waals surface area contributed by atoms with Crippen molar-refractivity contribution in [2.24, 2.45) is 0 Å². The number of aliphatic hydroxyl groups excluding tert-OH is 1. The number of methoxy groups -OCH3 is 2. The Balaban J connectivity index is 1.43. The van der Waals surface area contributed by atoms with Gasteiger partial charge in [0.2, 0.25) is 5.75 Å². The first-order valence-corrected chi connectivity index (χ1v) is 10.2. The van der Waals surface area contributed by atoms with Gasteiger partial charge < -0.3 is 19.3 Å². The highest BCUT2D eigenvalue weighted by molar-refractivity contribution is 6.30. The van der Waals surface area contributed by atoms with Gasteiger partial charge in [-0.2, -0.15) is 0 Å². The lowest BCUT2D eigenvalue weighted by Crippen LogP contribution is -2.48. The highest BCUT2D eigenvalue weighted by Crippen LogP contribution is 2.36. The number of hydrogen-bond donors (Lipinski definition) is 1. The standard InChI is InChI=1S/C22H29ClN2O4/c1-27-20-4-3-5-21(28-2)22(20)29-16-19(26)15-25-12-10-24(11-13-25)14-17-6-8-18(23)9-7-17/h3-9,19,26H,10-16H2,1-2H3. The second-order valence-electron chi connectivity index (χ2n) is 7.16. The summed E-state index contributed by atoms with van der Waals surface area (Å²) in [6, 6.07) is 13.5. The summed E-state index contributed by atoms with van der Waals surface area (Å²) in [7, 11) is 3.17. The predicted molar refractivity (Wildman–Crippen MR) is 114 cm³/mol. The minimum Gasteiger partial charge on any atom is -0.493 e. The highest BCUT2D eigenvalue weighted by atomic mass is 35.5. The Labute approximate surface area is 177 Å². The molecule has 158 valence electrons. The zero-order chi connectivity index (χ0) is 20.6. The van der Waals surface area contributed by atoms with Crippen molar-refractivity contribution in [3.63, 3.8) is 0 Å². The van der Waals surface area contributed by atoms with Crippen LogP contribution in [0.15, 0.2) is 42.5 Å². The van der Waals surface area contributed by atoms with Crippen LogP contribution in [0.5, 0.6) is 17.2 Å². The molecule has 0 radical (unpaired) electrons. The van der Waals surface area contributed by atoms with Gasteiger partial charge in [0.05, 0.1) is 14.2 Å². The molecule has 0 saturated carbocycles. The van der Waals surface area contributed by atoms with Crippen molar-refractivity contribution < 1.29 is 19.3 Å². The first-order chi connectivity index (χ1) is 14.1. The molecule has 1 saturated heterocycles. The summed E-state index contributed by atoms with van der Waals surface area (Å²) in [5, 5.41) is 11.2. The maximum atomic E-state index is 10.4. The molecule has 0 aliphatic carbocycles. The van der Waals surface area contributed by atoms with E-state index in [9.17, 15) is 5.11 Å². The Morgan fingerprint density at radius 1 is 0.931 bits per heavy atom. The number of benzene rings is 2. The third-order valence-electron chi connectivity index (χ3n) is 5.06. The fraction of sp³-hybridized carbons (Fsp3) is 0.455. The van der Waals surface area contributed by atoms with Crippen LogP contribution < -0.4 is 14.2 Å². The van der Waals surface area contributed by atoms with E-state index >= 15 is 0 Å². The van der Waals surface area contributed by atoms with Crippen LogP contribution in [-0.2, 0) is 6.54 Å². The van der Waals surface area contributed by atoms with E-state index in [4.69, 9.17) is 25.8 Å². The number of rotatable bonds is 9. The van der Waals surface area contributed by atoms with Crippen LogP contribution in [-0.4, -0.2) is 74.6 Å². The quantitative estimate of drug-likeness (QED) is 0.673. The summed E-state index contributed by atoms with van der Waals surface area (Å²) < 4.78 is 16.5. The normalized spacial score (nSPS) is 16.4. The SMILES string of the molecule is COc1cccc(OC)c1OCC(O)CN1CCN(Cc2ccc(Cl)cc2)CC1. The number of β-amino-alcohol motifs (C(OH)–C–C–N with tert-alkyl or cyclic N) is 1. The third-order valence-corrected chi connectivity index (χ3v) is 5.31. The summed E-state index contributed by atoms with van der Waals surface area (Å²) in [4.78, 5) is 4.69. The van der Waals surface area contributed by atoms with Crippen LogP contribution >= 0.6 is 11.6 Å². The topological polar surface area (TPSA) is 54.4 Å². The molecule has 1 fully saturated rings. The van der Waals surface area contributed by atoms with E-state index in [0.29, 0.717) is 23.8 Å². The minimum atomic E-state index is -0.590. The number of halogens is 1. The lowest BCUT2D eigenvalue weighted by molar-refractivity contribution is 0.0434. The maximum absolute atomic E-state index is 10.4. The van der Waals surface area contributed by atoms with E-state index < -0.39 is 6.10 Å². The number of para-hydroxylation sites is 1. The van der Waals surface area contributed by atoms with E-state index in [1.165, 1.54) is 5.56 Å².